The quantitative estimate of drug-likeness (QED) is 0.201. The summed E-state index contributed by atoms with van der Waals surface area (Å²) in [5.74, 6) is -1.85. The second-order valence-corrected chi connectivity index (χ2v) is 14.4. The first-order chi connectivity index (χ1) is 23.2. The Labute approximate surface area is 292 Å². The first-order valence-corrected chi connectivity index (χ1v) is 17.6. The summed E-state index contributed by atoms with van der Waals surface area (Å²) in [4.78, 5) is 55.8. The van der Waals surface area contributed by atoms with Gasteiger partial charge in [-0.2, -0.15) is 0 Å². The second kappa shape index (κ2) is 18.2. The van der Waals surface area contributed by atoms with Gasteiger partial charge in [0.1, 0.15) is 24.4 Å². The molecule has 0 radical (unpaired) electrons. The van der Waals surface area contributed by atoms with Crippen molar-refractivity contribution in [3.05, 3.63) is 71.8 Å². The second-order valence-electron chi connectivity index (χ2n) is 14.4. The van der Waals surface area contributed by atoms with Gasteiger partial charge < -0.3 is 24.8 Å². The standard InChI is InChI=1S/C39H57N3O7/c1-10-27(6)34(36(44)40-31(37(45)47-9)22-28-17-13-11-14-18-28)41-35(43)30(26(4)5)23-33-32(21-25(2)3)42(39(7,8)49-33)38(46)48-24-29-19-15-12-16-20-29/h11-20,25-27,30-34H,10,21-24H2,1-9H3,(H,40,44)(H,41,43)/t27-,30?,31-,32-,33?,34-/m0/s1. The third kappa shape index (κ3) is 11.0. The Morgan fingerprint density at radius 1 is 0.857 bits per heavy atom. The number of carbonyl (C=O) groups is 4. The van der Waals surface area contributed by atoms with E-state index in [1.807, 2.05) is 102 Å². The van der Waals surface area contributed by atoms with Gasteiger partial charge in [-0.05, 0) is 55.6 Å². The Bertz CT molecular complexity index is 1370. The smallest absolute Gasteiger partial charge is 0.412 e. The van der Waals surface area contributed by atoms with Gasteiger partial charge in [0.2, 0.25) is 11.8 Å². The molecular weight excluding hydrogens is 622 g/mol. The molecular formula is C39H57N3O7. The zero-order valence-corrected chi connectivity index (χ0v) is 30.7. The Hall–Kier alpha value is -3.92. The fourth-order valence-corrected chi connectivity index (χ4v) is 6.50. The number of hydrogen-bond acceptors (Lipinski definition) is 7. The van der Waals surface area contributed by atoms with Crippen molar-refractivity contribution in [3.8, 4) is 0 Å². The Morgan fingerprint density at radius 2 is 1.45 bits per heavy atom. The fraction of sp³-hybridized carbons (Fsp3) is 0.590. The molecule has 10 heteroatoms. The maximum absolute atomic E-state index is 14.1. The predicted molar refractivity (Wildman–Crippen MR) is 189 cm³/mol. The molecule has 0 aromatic heterocycles. The third-order valence-corrected chi connectivity index (χ3v) is 9.40. The van der Waals surface area contributed by atoms with E-state index in [-0.39, 0.29) is 42.7 Å². The summed E-state index contributed by atoms with van der Waals surface area (Å²) in [6.07, 6.45) is 0.992. The van der Waals surface area contributed by atoms with E-state index in [9.17, 15) is 19.2 Å². The first kappa shape index (κ1) is 39.5. The average Bonchev–Trinajstić information content (AvgIpc) is 3.32. The number of nitrogens with zero attached hydrogens (tertiary/aromatic N) is 1. The normalized spacial score (nSPS) is 19.5. The monoisotopic (exact) mass is 679 g/mol. The van der Waals surface area contributed by atoms with E-state index in [0.29, 0.717) is 19.3 Å². The molecule has 0 spiro atoms. The molecule has 0 aliphatic carbocycles. The van der Waals surface area contributed by atoms with E-state index in [0.717, 1.165) is 11.1 Å². The molecule has 1 fully saturated rings. The number of ether oxygens (including phenoxy) is 3. The lowest BCUT2D eigenvalue weighted by Crippen LogP contribution is -2.56. The van der Waals surface area contributed by atoms with E-state index in [2.05, 4.69) is 24.5 Å². The summed E-state index contributed by atoms with van der Waals surface area (Å²) < 4.78 is 17.3. The number of methoxy groups -OCH3 is 1. The molecule has 1 aliphatic rings. The van der Waals surface area contributed by atoms with E-state index in [1.165, 1.54) is 7.11 Å². The molecule has 10 nitrogen and oxygen atoms in total. The van der Waals surface area contributed by atoms with Crippen molar-refractivity contribution in [2.75, 3.05) is 7.11 Å². The number of carbonyl (C=O) groups excluding carboxylic acids is 4. The topological polar surface area (TPSA) is 123 Å². The zero-order chi connectivity index (χ0) is 36.3. The molecule has 1 heterocycles. The number of nitrogens with one attached hydrogen (secondary N) is 2. The summed E-state index contributed by atoms with van der Waals surface area (Å²) in [6.45, 7) is 15.8. The molecule has 2 aromatic rings. The Kier molecular flexibility index (Phi) is 14.7. The van der Waals surface area contributed by atoms with Gasteiger partial charge >= 0.3 is 12.1 Å². The highest BCUT2D eigenvalue weighted by Crippen LogP contribution is 2.39. The van der Waals surface area contributed by atoms with Crippen LogP contribution in [0.15, 0.2) is 60.7 Å². The van der Waals surface area contributed by atoms with Crippen LogP contribution in [0.5, 0.6) is 0 Å². The van der Waals surface area contributed by atoms with E-state index in [1.54, 1.807) is 4.90 Å². The maximum atomic E-state index is 14.1. The Balaban J connectivity index is 1.80. The van der Waals surface area contributed by atoms with Crippen molar-refractivity contribution in [1.29, 1.82) is 0 Å². The summed E-state index contributed by atoms with van der Waals surface area (Å²) in [5.41, 5.74) is 0.798. The third-order valence-electron chi connectivity index (χ3n) is 9.40. The predicted octanol–water partition coefficient (Wildman–Crippen LogP) is 6.27. The molecule has 6 atom stereocenters. The molecule has 3 amide bonds. The van der Waals surface area contributed by atoms with Crippen LogP contribution in [0, 0.1) is 23.7 Å². The van der Waals surface area contributed by atoms with Crippen molar-refractivity contribution in [1.82, 2.24) is 15.5 Å². The van der Waals surface area contributed by atoms with Crippen LogP contribution in [-0.4, -0.2) is 65.8 Å². The molecule has 0 bridgehead atoms. The van der Waals surface area contributed by atoms with Crippen molar-refractivity contribution >= 4 is 23.9 Å². The highest BCUT2D eigenvalue weighted by atomic mass is 16.6. The Morgan fingerprint density at radius 3 is 1.98 bits per heavy atom. The summed E-state index contributed by atoms with van der Waals surface area (Å²) >= 11 is 0. The van der Waals surface area contributed by atoms with Gasteiger partial charge in [0.05, 0.1) is 19.3 Å². The molecule has 2 aromatic carbocycles. The number of amides is 3. The SMILES string of the molecule is CC[C@H](C)[C@H](NC(=O)C(CC1OC(C)(C)N(C(=O)OCc2ccccc2)[C@H]1CC(C)C)C(C)C)C(=O)N[C@@H](Cc1ccccc1)C(=O)OC. The van der Waals surface area contributed by atoms with E-state index < -0.39 is 47.8 Å². The van der Waals surface area contributed by atoms with Crippen LogP contribution in [-0.2, 0) is 41.6 Å². The van der Waals surface area contributed by atoms with Gasteiger partial charge in [0, 0.05) is 12.3 Å². The maximum Gasteiger partial charge on any atom is 0.412 e. The minimum atomic E-state index is -0.962. The number of benzene rings is 2. The van der Waals surface area contributed by atoms with Gasteiger partial charge in [-0.25, -0.2) is 9.59 Å². The van der Waals surface area contributed by atoms with Crippen molar-refractivity contribution in [2.45, 2.75) is 118 Å². The summed E-state index contributed by atoms with van der Waals surface area (Å²) in [5, 5.41) is 5.88. The summed E-state index contributed by atoms with van der Waals surface area (Å²) in [7, 11) is 1.29. The molecule has 3 rings (SSSR count). The van der Waals surface area contributed by atoms with Crippen molar-refractivity contribution < 1.29 is 33.4 Å². The number of esters is 1. The largest absolute Gasteiger partial charge is 0.467 e. The minimum absolute atomic E-state index is 0.0907. The van der Waals surface area contributed by atoms with Crippen molar-refractivity contribution in [3.63, 3.8) is 0 Å². The van der Waals surface area contributed by atoms with Crippen molar-refractivity contribution in [2.24, 2.45) is 23.7 Å². The summed E-state index contributed by atoms with van der Waals surface area (Å²) in [6, 6.07) is 16.8. The first-order valence-electron chi connectivity index (χ1n) is 17.6. The lowest BCUT2D eigenvalue weighted by molar-refractivity contribution is -0.145. The lowest BCUT2D eigenvalue weighted by atomic mass is 9.85. The van der Waals surface area contributed by atoms with Gasteiger partial charge in [0.15, 0.2) is 0 Å². The molecule has 1 saturated heterocycles. The number of rotatable bonds is 16. The molecule has 49 heavy (non-hydrogen) atoms. The van der Waals surface area contributed by atoms with E-state index in [4.69, 9.17) is 14.2 Å². The number of hydrogen-bond donors (Lipinski definition) is 2. The van der Waals surface area contributed by atoms with Crippen LogP contribution in [0.3, 0.4) is 0 Å². The minimum Gasteiger partial charge on any atom is -0.467 e. The van der Waals surface area contributed by atoms with Crippen LogP contribution >= 0.6 is 0 Å². The molecule has 2 N–H and O–H groups in total. The van der Waals surface area contributed by atoms with E-state index >= 15 is 0 Å². The van der Waals surface area contributed by atoms with Gasteiger partial charge in [-0.3, -0.25) is 14.5 Å². The van der Waals surface area contributed by atoms with Crippen LogP contribution in [0.25, 0.3) is 0 Å². The van der Waals surface area contributed by atoms with Gasteiger partial charge in [-0.15, -0.1) is 0 Å². The highest BCUT2D eigenvalue weighted by Gasteiger charge is 2.51. The van der Waals surface area contributed by atoms with Gasteiger partial charge in [-0.1, -0.05) is 109 Å². The molecule has 2 unspecified atom stereocenters. The molecule has 1 aliphatic heterocycles. The molecule has 0 saturated carbocycles. The van der Waals surface area contributed by atoms with Gasteiger partial charge in [0.25, 0.3) is 0 Å². The fourth-order valence-electron chi connectivity index (χ4n) is 6.50. The van der Waals surface area contributed by atoms with Crippen LogP contribution in [0.4, 0.5) is 4.79 Å². The van der Waals surface area contributed by atoms with Crippen LogP contribution in [0.2, 0.25) is 0 Å². The average molecular weight is 680 g/mol. The van der Waals surface area contributed by atoms with Crippen LogP contribution < -0.4 is 10.6 Å². The van der Waals surface area contributed by atoms with Crippen LogP contribution in [0.1, 0.15) is 85.8 Å². The highest BCUT2D eigenvalue weighted by molar-refractivity contribution is 5.91. The zero-order valence-electron chi connectivity index (χ0n) is 30.7. The molecule has 270 valence electrons. The lowest BCUT2D eigenvalue weighted by Gasteiger charge is -2.34.